The number of hydroxylamine groups is 2. The fourth-order valence-electron chi connectivity index (χ4n) is 1.86. The number of carbonyl (C=O) groups is 1. The Bertz CT molecular complexity index is 698. The van der Waals surface area contributed by atoms with Gasteiger partial charge in [0.15, 0.2) is 5.76 Å². The molecule has 0 atom stereocenters. The molecule has 0 spiro atoms. The Morgan fingerprint density at radius 1 is 1.29 bits per heavy atom. The van der Waals surface area contributed by atoms with E-state index in [0.717, 1.165) is 17.2 Å². The van der Waals surface area contributed by atoms with E-state index in [9.17, 15) is 13.6 Å². The molecule has 1 aromatic carbocycles. The Balaban J connectivity index is 1.93. The maximum atomic E-state index is 13.7. The first kappa shape index (κ1) is 17.9. The average molecular weight is 340 g/mol. The molecule has 0 aliphatic rings. The Kier molecular flexibility index (Phi) is 5.50. The number of nitrogens with zero attached hydrogens (tertiary/aromatic N) is 2. The third-order valence-corrected chi connectivity index (χ3v) is 2.76. The number of rotatable bonds is 7. The minimum atomic E-state index is -0.761. The van der Waals surface area contributed by atoms with Gasteiger partial charge < -0.3 is 9.26 Å². The number of ether oxygens (including phenoxy) is 1. The topological polar surface area (TPSA) is 64.8 Å². The molecule has 0 N–H and O–H groups in total. The second-order valence-electron chi connectivity index (χ2n) is 5.95. The van der Waals surface area contributed by atoms with Gasteiger partial charge in [0.25, 0.3) is 5.88 Å². The third kappa shape index (κ3) is 5.02. The average Bonchev–Trinajstić information content (AvgIpc) is 2.93. The van der Waals surface area contributed by atoms with E-state index in [1.807, 2.05) is 20.8 Å². The number of halogens is 2. The zero-order valence-corrected chi connectivity index (χ0v) is 13.6. The normalized spacial score (nSPS) is 11.4. The van der Waals surface area contributed by atoms with Gasteiger partial charge in [0.05, 0.1) is 17.7 Å². The molecule has 130 valence electrons. The minimum Gasteiger partial charge on any atom is -0.474 e. The van der Waals surface area contributed by atoms with Gasteiger partial charge in [0, 0.05) is 12.1 Å². The van der Waals surface area contributed by atoms with Gasteiger partial charge in [-0.2, -0.15) is 0 Å². The van der Waals surface area contributed by atoms with Gasteiger partial charge in [-0.05, 0) is 38.1 Å². The lowest BCUT2D eigenvalue weighted by Gasteiger charge is -2.26. The van der Waals surface area contributed by atoms with Crippen molar-refractivity contribution in [1.82, 2.24) is 10.2 Å². The fourth-order valence-corrected chi connectivity index (χ4v) is 1.86. The van der Waals surface area contributed by atoms with Gasteiger partial charge in [-0.25, -0.2) is 13.8 Å². The van der Waals surface area contributed by atoms with Crippen molar-refractivity contribution in [2.75, 3.05) is 13.2 Å². The van der Waals surface area contributed by atoms with Crippen molar-refractivity contribution in [2.24, 2.45) is 0 Å². The summed E-state index contributed by atoms with van der Waals surface area (Å²) in [7, 11) is 0. The van der Waals surface area contributed by atoms with Crippen LogP contribution in [0.3, 0.4) is 0 Å². The molecule has 1 amide bonds. The van der Waals surface area contributed by atoms with Gasteiger partial charge in [-0.15, -0.1) is 0 Å². The van der Waals surface area contributed by atoms with Gasteiger partial charge in [-0.3, -0.25) is 9.63 Å². The Morgan fingerprint density at radius 3 is 2.67 bits per heavy atom. The number of aromatic nitrogens is 1. The van der Waals surface area contributed by atoms with E-state index in [1.165, 1.54) is 12.1 Å². The van der Waals surface area contributed by atoms with Crippen LogP contribution in [0, 0.1) is 11.6 Å². The van der Waals surface area contributed by atoms with E-state index in [2.05, 4.69) is 5.16 Å². The summed E-state index contributed by atoms with van der Waals surface area (Å²) in [4.78, 5) is 16.3. The standard InChI is InChI=1S/C16H18F2N2O4/c1-16(2,3)24-20(10-21)6-7-22-15-9-14(23-19-15)12-5-4-11(17)8-13(12)18/h4-5,8-10H,6-7H2,1-3H3. The van der Waals surface area contributed by atoms with Crippen LogP contribution in [-0.2, 0) is 9.63 Å². The van der Waals surface area contributed by atoms with Crippen LogP contribution < -0.4 is 4.74 Å². The third-order valence-electron chi connectivity index (χ3n) is 2.76. The van der Waals surface area contributed by atoms with Crippen LogP contribution in [0.4, 0.5) is 8.78 Å². The number of amides is 1. The highest BCUT2D eigenvalue weighted by Crippen LogP contribution is 2.26. The van der Waals surface area contributed by atoms with Crippen molar-refractivity contribution in [1.29, 1.82) is 0 Å². The molecule has 0 fully saturated rings. The van der Waals surface area contributed by atoms with Crippen LogP contribution in [0.1, 0.15) is 20.8 Å². The Labute approximate surface area is 137 Å². The molecular weight excluding hydrogens is 322 g/mol. The van der Waals surface area contributed by atoms with E-state index in [4.69, 9.17) is 14.1 Å². The van der Waals surface area contributed by atoms with Crippen molar-refractivity contribution >= 4 is 6.41 Å². The molecule has 0 unspecified atom stereocenters. The number of hydrogen-bond donors (Lipinski definition) is 0. The van der Waals surface area contributed by atoms with Gasteiger partial charge >= 0.3 is 0 Å². The van der Waals surface area contributed by atoms with Gasteiger partial charge in [0.1, 0.15) is 18.2 Å². The molecule has 24 heavy (non-hydrogen) atoms. The summed E-state index contributed by atoms with van der Waals surface area (Å²) >= 11 is 0. The minimum absolute atomic E-state index is 0.0735. The molecule has 1 aromatic heterocycles. The van der Waals surface area contributed by atoms with Crippen molar-refractivity contribution in [3.63, 3.8) is 0 Å². The summed E-state index contributed by atoms with van der Waals surface area (Å²) in [5.74, 6) is -1.21. The first-order chi connectivity index (χ1) is 11.3. The van der Waals surface area contributed by atoms with Gasteiger partial charge in [0.2, 0.25) is 6.41 Å². The van der Waals surface area contributed by atoms with Crippen LogP contribution in [-0.4, -0.2) is 35.4 Å². The molecule has 0 saturated carbocycles. The van der Waals surface area contributed by atoms with Crippen molar-refractivity contribution in [3.8, 4) is 17.2 Å². The largest absolute Gasteiger partial charge is 0.474 e. The van der Waals surface area contributed by atoms with E-state index in [0.29, 0.717) is 6.41 Å². The van der Waals surface area contributed by atoms with E-state index in [-0.39, 0.29) is 30.4 Å². The molecule has 0 saturated heterocycles. The van der Waals surface area contributed by atoms with Crippen molar-refractivity contribution < 1.29 is 27.7 Å². The summed E-state index contributed by atoms with van der Waals surface area (Å²) in [6.45, 7) is 5.71. The fraction of sp³-hybridized carbons (Fsp3) is 0.375. The number of hydrogen-bond acceptors (Lipinski definition) is 5. The predicted octanol–water partition coefficient (Wildman–Crippen LogP) is 3.19. The molecule has 6 nitrogen and oxygen atoms in total. The van der Waals surface area contributed by atoms with E-state index in [1.54, 1.807) is 0 Å². The van der Waals surface area contributed by atoms with Crippen molar-refractivity contribution in [2.45, 2.75) is 26.4 Å². The van der Waals surface area contributed by atoms with Crippen LogP contribution in [0.25, 0.3) is 11.3 Å². The van der Waals surface area contributed by atoms with Crippen molar-refractivity contribution in [3.05, 3.63) is 35.9 Å². The first-order valence-electron chi connectivity index (χ1n) is 7.24. The highest BCUT2D eigenvalue weighted by molar-refractivity contribution is 5.58. The molecule has 0 aliphatic carbocycles. The summed E-state index contributed by atoms with van der Waals surface area (Å²) in [5.41, 5.74) is -0.438. The molecule has 0 bridgehead atoms. The summed E-state index contributed by atoms with van der Waals surface area (Å²) in [6.07, 6.45) is 0.552. The maximum absolute atomic E-state index is 13.7. The first-order valence-corrected chi connectivity index (χ1v) is 7.24. The summed E-state index contributed by atoms with van der Waals surface area (Å²) in [6, 6.07) is 4.50. The van der Waals surface area contributed by atoms with E-state index >= 15 is 0 Å². The second kappa shape index (κ2) is 7.39. The summed E-state index contributed by atoms with van der Waals surface area (Å²) in [5, 5.41) is 4.76. The molecule has 2 rings (SSSR count). The smallest absolute Gasteiger partial charge is 0.254 e. The second-order valence-corrected chi connectivity index (χ2v) is 5.95. The maximum Gasteiger partial charge on any atom is 0.254 e. The monoisotopic (exact) mass is 340 g/mol. The zero-order valence-electron chi connectivity index (χ0n) is 13.6. The molecule has 2 aromatic rings. The lowest BCUT2D eigenvalue weighted by atomic mass is 10.1. The highest BCUT2D eigenvalue weighted by atomic mass is 19.1. The van der Waals surface area contributed by atoms with E-state index < -0.39 is 17.2 Å². The molecule has 8 heteroatoms. The number of carbonyl (C=O) groups excluding carboxylic acids is 1. The predicted molar refractivity (Wildman–Crippen MR) is 81.0 cm³/mol. The SMILES string of the molecule is CC(C)(C)ON(C=O)CCOc1cc(-c2ccc(F)cc2F)on1. The Morgan fingerprint density at radius 2 is 2.04 bits per heavy atom. The van der Waals surface area contributed by atoms with Crippen LogP contribution >= 0.6 is 0 Å². The van der Waals surface area contributed by atoms with Crippen LogP contribution in [0.2, 0.25) is 0 Å². The molecule has 0 aliphatic heterocycles. The lowest BCUT2D eigenvalue weighted by molar-refractivity contribution is -0.217. The molecule has 1 heterocycles. The Hall–Kier alpha value is -2.48. The van der Waals surface area contributed by atoms with Crippen LogP contribution in [0.5, 0.6) is 5.88 Å². The molecular formula is C16H18F2N2O4. The van der Waals surface area contributed by atoms with Crippen LogP contribution in [0.15, 0.2) is 28.8 Å². The zero-order chi connectivity index (χ0) is 17.7. The van der Waals surface area contributed by atoms with Gasteiger partial charge in [-0.1, -0.05) is 0 Å². The summed E-state index contributed by atoms with van der Waals surface area (Å²) < 4.78 is 36.9. The highest BCUT2D eigenvalue weighted by Gasteiger charge is 2.17. The lowest BCUT2D eigenvalue weighted by Crippen LogP contribution is -2.35. The molecule has 0 radical (unpaired) electrons. The quantitative estimate of drug-likeness (QED) is 0.572. The number of benzene rings is 1.